The highest BCUT2D eigenvalue weighted by Gasteiger charge is 2.25. The summed E-state index contributed by atoms with van der Waals surface area (Å²) in [6.07, 6.45) is 2.13. The van der Waals surface area contributed by atoms with E-state index in [9.17, 15) is 5.11 Å². The van der Waals surface area contributed by atoms with Crippen LogP contribution in [0.2, 0.25) is 0 Å². The minimum atomic E-state index is 0.337. The van der Waals surface area contributed by atoms with Gasteiger partial charge in [-0.25, -0.2) is 0 Å². The Labute approximate surface area is 110 Å². The highest BCUT2D eigenvalue weighted by molar-refractivity contribution is 5.26. The topological polar surface area (TPSA) is 49.5 Å². The number of rotatable bonds is 3. The molecule has 1 saturated heterocycles. The van der Waals surface area contributed by atoms with Crippen LogP contribution in [0.1, 0.15) is 25.8 Å². The van der Waals surface area contributed by atoms with Gasteiger partial charge < -0.3 is 10.8 Å². The fourth-order valence-electron chi connectivity index (χ4n) is 2.70. The number of hydrogen-bond donors (Lipinski definition) is 2. The number of nitrogens with zero attached hydrogens (tertiary/aromatic N) is 1. The molecule has 3 heteroatoms. The summed E-state index contributed by atoms with van der Waals surface area (Å²) in [6, 6.07) is 8.43. The molecular weight excluding hydrogens is 224 g/mol. The highest BCUT2D eigenvalue weighted by atomic mass is 16.3. The second-order valence-corrected chi connectivity index (χ2v) is 5.64. The van der Waals surface area contributed by atoms with E-state index in [-0.39, 0.29) is 0 Å². The van der Waals surface area contributed by atoms with Crippen LogP contribution in [0.15, 0.2) is 24.3 Å². The number of nitrogens with two attached hydrogens (primary N) is 1. The standard InChI is InChI=1S/C15H24N2O/c1-11-10-17(8-7-15(11)16)12(2)9-13-3-5-14(18)6-4-13/h3-6,11-12,15,18H,7-10,16H2,1-2H3. The summed E-state index contributed by atoms with van der Waals surface area (Å²) in [5.41, 5.74) is 7.34. The molecule has 0 spiro atoms. The zero-order valence-electron chi connectivity index (χ0n) is 11.3. The van der Waals surface area contributed by atoms with Gasteiger partial charge in [0.15, 0.2) is 0 Å². The minimum absolute atomic E-state index is 0.337. The molecule has 0 aliphatic carbocycles. The van der Waals surface area contributed by atoms with E-state index in [2.05, 4.69) is 18.7 Å². The molecule has 0 saturated carbocycles. The van der Waals surface area contributed by atoms with Crippen molar-refractivity contribution in [2.24, 2.45) is 11.7 Å². The third-order valence-electron chi connectivity index (χ3n) is 4.09. The van der Waals surface area contributed by atoms with Gasteiger partial charge in [0.25, 0.3) is 0 Å². The normalized spacial score (nSPS) is 27.1. The molecule has 1 heterocycles. The third-order valence-corrected chi connectivity index (χ3v) is 4.09. The summed E-state index contributed by atoms with van der Waals surface area (Å²) < 4.78 is 0. The summed E-state index contributed by atoms with van der Waals surface area (Å²) >= 11 is 0. The summed E-state index contributed by atoms with van der Waals surface area (Å²) in [4.78, 5) is 2.53. The van der Waals surface area contributed by atoms with Gasteiger partial charge in [0.2, 0.25) is 0 Å². The maximum Gasteiger partial charge on any atom is 0.115 e. The average molecular weight is 248 g/mol. The zero-order valence-corrected chi connectivity index (χ0v) is 11.3. The van der Waals surface area contributed by atoms with Gasteiger partial charge in [0, 0.05) is 18.6 Å². The van der Waals surface area contributed by atoms with Crippen LogP contribution < -0.4 is 5.73 Å². The average Bonchev–Trinajstić information content (AvgIpc) is 2.35. The molecule has 0 bridgehead atoms. The molecule has 3 atom stereocenters. The van der Waals surface area contributed by atoms with Crippen molar-refractivity contribution in [1.29, 1.82) is 0 Å². The molecule has 1 fully saturated rings. The molecule has 1 aromatic rings. The molecule has 3 unspecified atom stereocenters. The molecule has 3 nitrogen and oxygen atoms in total. The number of phenols is 1. The van der Waals surface area contributed by atoms with E-state index in [1.165, 1.54) is 5.56 Å². The van der Waals surface area contributed by atoms with Crippen LogP contribution in [0.4, 0.5) is 0 Å². The number of piperidine rings is 1. The maximum atomic E-state index is 9.28. The van der Waals surface area contributed by atoms with Crippen molar-refractivity contribution < 1.29 is 5.11 Å². The van der Waals surface area contributed by atoms with Crippen molar-refractivity contribution in [3.63, 3.8) is 0 Å². The lowest BCUT2D eigenvalue weighted by Crippen LogP contribution is -2.49. The smallest absolute Gasteiger partial charge is 0.115 e. The van der Waals surface area contributed by atoms with Gasteiger partial charge in [-0.3, -0.25) is 4.90 Å². The first kappa shape index (κ1) is 13.4. The van der Waals surface area contributed by atoms with Gasteiger partial charge in [-0.1, -0.05) is 19.1 Å². The number of aromatic hydroxyl groups is 1. The first-order chi connectivity index (χ1) is 8.56. The summed E-state index contributed by atoms with van der Waals surface area (Å²) in [6.45, 7) is 6.71. The van der Waals surface area contributed by atoms with Gasteiger partial charge in [-0.2, -0.15) is 0 Å². The molecule has 0 amide bonds. The van der Waals surface area contributed by atoms with Crippen molar-refractivity contribution in [1.82, 2.24) is 4.90 Å². The number of likely N-dealkylation sites (tertiary alicyclic amines) is 1. The Bertz CT molecular complexity index is 377. The fraction of sp³-hybridized carbons (Fsp3) is 0.600. The van der Waals surface area contributed by atoms with Crippen molar-refractivity contribution in [2.75, 3.05) is 13.1 Å². The lowest BCUT2D eigenvalue weighted by atomic mass is 9.93. The first-order valence-corrected chi connectivity index (χ1v) is 6.84. The van der Waals surface area contributed by atoms with Crippen LogP contribution in [0.5, 0.6) is 5.75 Å². The molecule has 1 aliphatic heterocycles. The fourth-order valence-corrected chi connectivity index (χ4v) is 2.70. The molecule has 1 aromatic carbocycles. The van der Waals surface area contributed by atoms with Crippen LogP contribution in [0.3, 0.4) is 0 Å². The molecule has 3 N–H and O–H groups in total. The molecule has 0 radical (unpaired) electrons. The Morgan fingerprint density at radius 2 is 2.06 bits per heavy atom. The lowest BCUT2D eigenvalue weighted by molar-refractivity contribution is 0.123. The van der Waals surface area contributed by atoms with Gasteiger partial charge in [-0.05, 0) is 49.9 Å². The predicted octanol–water partition coefficient (Wildman–Crippen LogP) is 1.99. The first-order valence-electron chi connectivity index (χ1n) is 6.84. The summed E-state index contributed by atoms with van der Waals surface area (Å²) in [5, 5.41) is 9.28. The Hall–Kier alpha value is -1.06. The van der Waals surface area contributed by atoms with Crippen LogP contribution >= 0.6 is 0 Å². The van der Waals surface area contributed by atoms with Crippen molar-refractivity contribution in [3.05, 3.63) is 29.8 Å². The largest absolute Gasteiger partial charge is 0.508 e. The second kappa shape index (κ2) is 5.72. The van der Waals surface area contributed by atoms with Gasteiger partial charge in [-0.15, -0.1) is 0 Å². The molecule has 18 heavy (non-hydrogen) atoms. The minimum Gasteiger partial charge on any atom is -0.508 e. The molecule has 1 aliphatic rings. The second-order valence-electron chi connectivity index (χ2n) is 5.64. The quantitative estimate of drug-likeness (QED) is 0.860. The Kier molecular flexibility index (Phi) is 4.25. The van der Waals surface area contributed by atoms with Crippen LogP contribution in [-0.2, 0) is 6.42 Å². The van der Waals surface area contributed by atoms with E-state index in [1.807, 2.05) is 12.1 Å². The SMILES string of the molecule is CC1CN(C(C)Cc2ccc(O)cc2)CCC1N. The van der Waals surface area contributed by atoms with E-state index in [4.69, 9.17) is 5.73 Å². The Morgan fingerprint density at radius 3 is 2.67 bits per heavy atom. The molecule has 2 rings (SSSR count). The third kappa shape index (κ3) is 3.24. The van der Waals surface area contributed by atoms with E-state index in [1.54, 1.807) is 12.1 Å². The monoisotopic (exact) mass is 248 g/mol. The zero-order chi connectivity index (χ0) is 13.1. The number of phenolic OH excluding ortho intramolecular Hbond substituents is 1. The van der Waals surface area contributed by atoms with Crippen LogP contribution in [-0.4, -0.2) is 35.2 Å². The highest BCUT2D eigenvalue weighted by Crippen LogP contribution is 2.19. The van der Waals surface area contributed by atoms with Gasteiger partial charge in [0.05, 0.1) is 0 Å². The number of hydrogen-bond acceptors (Lipinski definition) is 3. The Morgan fingerprint density at radius 1 is 1.39 bits per heavy atom. The van der Waals surface area contributed by atoms with E-state index in [0.717, 1.165) is 25.9 Å². The molecular formula is C15H24N2O. The number of benzene rings is 1. The van der Waals surface area contributed by atoms with Crippen molar-refractivity contribution in [3.8, 4) is 5.75 Å². The predicted molar refractivity (Wildman–Crippen MR) is 74.6 cm³/mol. The van der Waals surface area contributed by atoms with E-state index in [0.29, 0.717) is 23.8 Å². The van der Waals surface area contributed by atoms with Crippen molar-refractivity contribution in [2.45, 2.75) is 38.8 Å². The van der Waals surface area contributed by atoms with Crippen LogP contribution in [0.25, 0.3) is 0 Å². The summed E-state index contributed by atoms with van der Waals surface area (Å²) in [5.74, 6) is 0.921. The lowest BCUT2D eigenvalue weighted by Gasteiger charge is -2.38. The van der Waals surface area contributed by atoms with E-state index >= 15 is 0 Å². The van der Waals surface area contributed by atoms with E-state index < -0.39 is 0 Å². The molecule has 100 valence electrons. The van der Waals surface area contributed by atoms with Crippen molar-refractivity contribution >= 4 is 0 Å². The summed E-state index contributed by atoms with van der Waals surface area (Å²) in [7, 11) is 0. The maximum absolute atomic E-state index is 9.28. The van der Waals surface area contributed by atoms with Gasteiger partial charge >= 0.3 is 0 Å². The van der Waals surface area contributed by atoms with Crippen LogP contribution in [0, 0.1) is 5.92 Å². The van der Waals surface area contributed by atoms with Gasteiger partial charge in [0.1, 0.15) is 5.75 Å². The molecule has 0 aromatic heterocycles. The Balaban J connectivity index is 1.91.